The second-order valence-corrected chi connectivity index (χ2v) is 11.4. The van der Waals surface area contributed by atoms with Crippen LogP contribution >= 0.6 is 0 Å². The second kappa shape index (κ2) is 6.80. The largest absolute Gasteiger partial charge is 0.351 e. The predicted octanol–water partition coefficient (Wildman–Crippen LogP) is 3.17. The minimum atomic E-state index is -3.91. The van der Waals surface area contributed by atoms with Crippen LogP contribution in [0.15, 0.2) is 29.2 Å². The van der Waals surface area contributed by atoms with Gasteiger partial charge in [0.15, 0.2) is 0 Å². The summed E-state index contributed by atoms with van der Waals surface area (Å²) < 4.78 is 40.2. The van der Waals surface area contributed by atoms with Gasteiger partial charge in [-0.3, -0.25) is 4.79 Å². The van der Waals surface area contributed by atoms with Gasteiger partial charge in [0.1, 0.15) is 11.4 Å². The molecule has 5 nitrogen and oxygen atoms in total. The number of rotatable bonds is 5. The molecule has 0 spiro atoms. The molecule has 4 fully saturated rings. The van der Waals surface area contributed by atoms with E-state index in [1.54, 1.807) is 13.8 Å². The molecule has 7 heteroatoms. The molecule has 1 amide bonds. The highest BCUT2D eigenvalue weighted by atomic mass is 32.2. The Kier molecular flexibility index (Phi) is 4.82. The van der Waals surface area contributed by atoms with Crippen LogP contribution in [0.4, 0.5) is 4.39 Å². The number of hydrogen-bond donors (Lipinski definition) is 1. The van der Waals surface area contributed by atoms with Crippen LogP contribution < -0.4 is 5.32 Å². The summed E-state index contributed by atoms with van der Waals surface area (Å²) in [6, 6.07) is 4.84. The lowest BCUT2D eigenvalue weighted by molar-refractivity contribution is -0.132. The zero-order valence-electron chi connectivity index (χ0n) is 16.7. The first-order valence-corrected chi connectivity index (χ1v) is 11.6. The van der Waals surface area contributed by atoms with Crippen LogP contribution in [-0.2, 0) is 14.8 Å². The van der Waals surface area contributed by atoms with Crippen molar-refractivity contribution in [2.75, 3.05) is 7.05 Å². The van der Waals surface area contributed by atoms with E-state index in [9.17, 15) is 17.6 Å². The maximum Gasteiger partial charge on any atom is 0.243 e. The van der Waals surface area contributed by atoms with E-state index in [-0.39, 0.29) is 16.8 Å². The molecule has 4 bridgehead atoms. The maximum atomic E-state index is 13.2. The lowest BCUT2D eigenvalue weighted by Crippen LogP contribution is -2.62. The summed E-state index contributed by atoms with van der Waals surface area (Å²) >= 11 is 0. The van der Waals surface area contributed by atoms with Crippen molar-refractivity contribution in [3.05, 3.63) is 30.1 Å². The van der Waals surface area contributed by atoms with E-state index in [4.69, 9.17) is 0 Å². The molecule has 0 radical (unpaired) electrons. The minimum absolute atomic E-state index is 0.0214. The molecule has 0 aromatic heterocycles. The zero-order valence-corrected chi connectivity index (χ0v) is 17.5. The Morgan fingerprint density at radius 2 is 1.54 bits per heavy atom. The van der Waals surface area contributed by atoms with E-state index in [0.29, 0.717) is 11.8 Å². The smallest absolute Gasteiger partial charge is 0.243 e. The molecule has 28 heavy (non-hydrogen) atoms. The molecule has 4 aliphatic rings. The number of carbonyl (C=O) groups is 1. The molecule has 5 rings (SSSR count). The third-order valence-electron chi connectivity index (χ3n) is 7.34. The number of nitrogens with one attached hydrogen (secondary N) is 1. The van der Waals surface area contributed by atoms with Crippen LogP contribution in [0.2, 0.25) is 0 Å². The maximum absolute atomic E-state index is 13.2. The Bertz CT molecular complexity index is 838. The monoisotopic (exact) mass is 408 g/mol. The van der Waals surface area contributed by atoms with Crippen molar-refractivity contribution in [2.45, 2.75) is 62.4 Å². The fourth-order valence-corrected chi connectivity index (χ4v) is 7.18. The molecule has 0 aliphatic heterocycles. The lowest BCUT2D eigenvalue weighted by atomic mass is 9.54. The number of likely N-dealkylation sites (N-methyl/N-ethyl adjacent to an activating group) is 1. The van der Waals surface area contributed by atoms with Gasteiger partial charge in [0.05, 0.1) is 4.90 Å². The van der Waals surface area contributed by atoms with Crippen LogP contribution in [0.1, 0.15) is 46.0 Å². The molecular weight excluding hydrogens is 379 g/mol. The van der Waals surface area contributed by atoms with Gasteiger partial charge >= 0.3 is 0 Å². The summed E-state index contributed by atoms with van der Waals surface area (Å²) in [5.41, 5.74) is -1.25. The SMILES string of the molecule is CN(C(C)(C)C(=O)NC1C2CC3CC(C2)CC1C3)S(=O)(=O)c1ccc(F)cc1. The van der Waals surface area contributed by atoms with Crippen LogP contribution in [0, 0.1) is 29.5 Å². The standard InChI is InChI=1S/C21H29FN2O3S/c1-21(2,24(3)28(26,27)18-6-4-17(22)5-7-18)20(25)23-19-15-9-13-8-14(11-15)12-16(19)10-13/h4-7,13-16,19H,8-12H2,1-3H3,(H,23,25). The summed E-state index contributed by atoms with van der Waals surface area (Å²) in [6.45, 7) is 3.25. The number of hydrogen-bond acceptors (Lipinski definition) is 3. The highest BCUT2D eigenvalue weighted by molar-refractivity contribution is 7.89. The molecule has 4 aliphatic carbocycles. The van der Waals surface area contributed by atoms with Crippen molar-refractivity contribution in [1.29, 1.82) is 0 Å². The molecule has 0 heterocycles. The first kappa shape index (κ1) is 19.8. The minimum Gasteiger partial charge on any atom is -0.351 e. The van der Waals surface area contributed by atoms with Gasteiger partial charge < -0.3 is 5.32 Å². The van der Waals surface area contributed by atoms with Gasteiger partial charge in [-0.2, -0.15) is 4.31 Å². The normalized spacial score (nSPS) is 32.0. The number of nitrogens with zero attached hydrogens (tertiary/aromatic N) is 1. The van der Waals surface area contributed by atoms with E-state index >= 15 is 0 Å². The third-order valence-corrected chi connectivity index (χ3v) is 9.38. The summed E-state index contributed by atoms with van der Waals surface area (Å²) in [7, 11) is -2.50. The van der Waals surface area contributed by atoms with Crippen LogP contribution in [-0.4, -0.2) is 37.3 Å². The lowest BCUT2D eigenvalue weighted by Gasteiger charge is -2.54. The summed E-state index contributed by atoms with van der Waals surface area (Å²) in [6.07, 6.45) is 6.08. The predicted molar refractivity (Wildman–Crippen MR) is 104 cm³/mol. The van der Waals surface area contributed by atoms with E-state index in [1.807, 2.05) is 0 Å². The van der Waals surface area contributed by atoms with E-state index in [0.717, 1.165) is 28.3 Å². The van der Waals surface area contributed by atoms with E-state index in [1.165, 1.54) is 51.3 Å². The number of amides is 1. The number of halogens is 1. The molecule has 154 valence electrons. The Hall–Kier alpha value is -1.47. The average Bonchev–Trinajstić information content (AvgIpc) is 2.63. The van der Waals surface area contributed by atoms with Crippen LogP contribution in [0.3, 0.4) is 0 Å². The Balaban J connectivity index is 1.51. The van der Waals surface area contributed by atoms with E-state index in [2.05, 4.69) is 5.32 Å². The average molecular weight is 409 g/mol. The number of sulfonamides is 1. The molecule has 0 atom stereocenters. The van der Waals surface area contributed by atoms with Gasteiger partial charge in [-0.15, -0.1) is 0 Å². The summed E-state index contributed by atoms with van der Waals surface area (Å²) in [5, 5.41) is 3.21. The number of carbonyl (C=O) groups excluding carboxylic acids is 1. The highest BCUT2D eigenvalue weighted by Gasteiger charge is 2.50. The summed E-state index contributed by atoms with van der Waals surface area (Å²) in [4.78, 5) is 13.1. The van der Waals surface area contributed by atoms with Gasteiger partial charge in [-0.1, -0.05) is 0 Å². The van der Waals surface area contributed by atoms with Crippen molar-refractivity contribution in [3.63, 3.8) is 0 Å². The molecular formula is C21H29FN2O3S. The molecule has 1 aromatic rings. The Morgan fingerprint density at radius 1 is 1.04 bits per heavy atom. The second-order valence-electron chi connectivity index (χ2n) is 9.42. The fraction of sp³-hybridized carbons (Fsp3) is 0.667. The van der Waals surface area contributed by atoms with Gasteiger partial charge in [0.25, 0.3) is 0 Å². The third kappa shape index (κ3) is 3.26. The zero-order chi connectivity index (χ0) is 20.3. The molecule has 0 saturated heterocycles. The topological polar surface area (TPSA) is 66.5 Å². The molecule has 0 unspecified atom stereocenters. The van der Waals surface area contributed by atoms with Gasteiger partial charge in [0.2, 0.25) is 15.9 Å². The fourth-order valence-electron chi connectivity index (χ4n) is 5.70. The van der Waals surface area contributed by atoms with Gasteiger partial charge in [-0.25, -0.2) is 12.8 Å². The van der Waals surface area contributed by atoms with Crippen molar-refractivity contribution in [1.82, 2.24) is 9.62 Å². The van der Waals surface area contributed by atoms with Crippen LogP contribution in [0.25, 0.3) is 0 Å². The van der Waals surface area contributed by atoms with Crippen molar-refractivity contribution < 1.29 is 17.6 Å². The highest BCUT2D eigenvalue weighted by Crippen LogP contribution is 2.53. The summed E-state index contributed by atoms with van der Waals surface area (Å²) in [5.74, 6) is 1.90. The quantitative estimate of drug-likeness (QED) is 0.814. The number of benzene rings is 1. The van der Waals surface area contributed by atoms with Crippen molar-refractivity contribution >= 4 is 15.9 Å². The van der Waals surface area contributed by atoms with Crippen LogP contribution in [0.5, 0.6) is 0 Å². The molecule has 1 N–H and O–H groups in total. The van der Waals surface area contributed by atoms with E-state index < -0.39 is 21.4 Å². The first-order chi connectivity index (χ1) is 13.1. The van der Waals surface area contributed by atoms with Crippen molar-refractivity contribution in [2.24, 2.45) is 23.7 Å². The van der Waals surface area contributed by atoms with Gasteiger partial charge in [-0.05, 0) is 93.9 Å². The van der Waals surface area contributed by atoms with Gasteiger partial charge in [0, 0.05) is 13.1 Å². The molecule has 4 saturated carbocycles. The first-order valence-electron chi connectivity index (χ1n) is 10.1. The Morgan fingerprint density at radius 3 is 2.04 bits per heavy atom. The molecule has 1 aromatic carbocycles. The Labute approximate surface area is 166 Å². The van der Waals surface area contributed by atoms with Crippen molar-refractivity contribution in [3.8, 4) is 0 Å².